The van der Waals surface area contributed by atoms with E-state index in [1.54, 1.807) is 0 Å². The molecule has 136 valence electrons. The molecule has 0 aliphatic carbocycles. The highest BCUT2D eigenvalue weighted by molar-refractivity contribution is 5.76. The number of aryl methyl sites for hydroxylation is 4. The predicted octanol–water partition coefficient (Wildman–Crippen LogP) is 2.30. The highest BCUT2D eigenvalue weighted by Gasteiger charge is 2.10. The fraction of sp³-hybridized carbons (Fsp3) is 0.529. The first-order chi connectivity index (χ1) is 11.9. The number of nitrogens with zero attached hydrogens (tertiary/aromatic N) is 4. The normalized spacial score (nSPS) is 10.7. The summed E-state index contributed by atoms with van der Waals surface area (Å²) in [6, 6.07) is 3.32. The zero-order valence-corrected chi connectivity index (χ0v) is 15.3. The van der Waals surface area contributed by atoms with Crippen molar-refractivity contribution in [3.63, 3.8) is 0 Å². The fourth-order valence-corrected chi connectivity index (χ4v) is 2.64. The van der Waals surface area contributed by atoms with E-state index in [1.165, 1.54) is 9.36 Å². The highest BCUT2D eigenvalue weighted by Crippen LogP contribution is 2.02. The molecule has 8 heteroatoms. The lowest BCUT2D eigenvalue weighted by molar-refractivity contribution is 0.238. The van der Waals surface area contributed by atoms with E-state index < -0.39 is 0 Å². The van der Waals surface area contributed by atoms with Crippen LogP contribution in [0.15, 0.2) is 12.1 Å². The minimum atomic E-state index is -0.205. The number of nitrogens with one attached hydrogen (secondary N) is 2. The lowest BCUT2D eigenvalue weighted by Gasteiger charge is -2.08. The topological polar surface area (TPSA) is 93.8 Å². The summed E-state index contributed by atoms with van der Waals surface area (Å²) in [7, 11) is 0. The van der Waals surface area contributed by atoms with E-state index in [2.05, 4.69) is 20.8 Å². The number of carbonyl (C=O) groups excluding carboxylic acids is 2. The summed E-state index contributed by atoms with van der Waals surface area (Å²) < 4.78 is 2.76. The average Bonchev–Trinajstić information content (AvgIpc) is 3.06. The van der Waals surface area contributed by atoms with Gasteiger partial charge in [0, 0.05) is 24.5 Å². The van der Waals surface area contributed by atoms with Gasteiger partial charge in [-0.05, 0) is 59.1 Å². The molecule has 2 amide bonds. The molecule has 0 saturated heterocycles. The molecular formula is C17H26N6O2. The van der Waals surface area contributed by atoms with Crippen LogP contribution in [0.5, 0.6) is 0 Å². The molecule has 0 bridgehead atoms. The first kappa shape index (κ1) is 18.7. The average molecular weight is 346 g/mol. The van der Waals surface area contributed by atoms with E-state index in [0.29, 0.717) is 13.1 Å². The van der Waals surface area contributed by atoms with Crippen LogP contribution < -0.4 is 10.6 Å². The SMILES string of the molecule is Cc1cc(C)n(C(=O)NCCCCCNC(=O)n2nc(C)cc2C)n1. The van der Waals surface area contributed by atoms with E-state index in [1.807, 2.05) is 39.8 Å². The third kappa shape index (κ3) is 5.17. The van der Waals surface area contributed by atoms with Gasteiger partial charge >= 0.3 is 12.1 Å². The van der Waals surface area contributed by atoms with Crippen molar-refractivity contribution in [2.75, 3.05) is 13.1 Å². The molecule has 0 saturated carbocycles. The Balaban J connectivity index is 1.59. The van der Waals surface area contributed by atoms with E-state index in [-0.39, 0.29) is 12.1 Å². The molecule has 2 heterocycles. The van der Waals surface area contributed by atoms with Gasteiger partial charge in [0.25, 0.3) is 0 Å². The Hall–Kier alpha value is -2.64. The second kappa shape index (κ2) is 8.46. The number of aromatic nitrogens is 4. The van der Waals surface area contributed by atoms with Crippen LogP contribution in [0.2, 0.25) is 0 Å². The van der Waals surface area contributed by atoms with E-state index >= 15 is 0 Å². The Morgan fingerprint density at radius 2 is 1.20 bits per heavy atom. The van der Waals surface area contributed by atoms with Gasteiger partial charge in [-0.25, -0.2) is 9.59 Å². The van der Waals surface area contributed by atoms with Crippen LogP contribution in [0, 0.1) is 27.7 Å². The Bertz CT molecular complexity index is 684. The maximum atomic E-state index is 12.0. The molecule has 0 unspecified atom stereocenters. The van der Waals surface area contributed by atoms with Crippen molar-refractivity contribution < 1.29 is 9.59 Å². The van der Waals surface area contributed by atoms with Crippen LogP contribution in [0.3, 0.4) is 0 Å². The Labute approximate surface area is 147 Å². The second-order valence-electron chi connectivity index (χ2n) is 6.20. The van der Waals surface area contributed by atoms with Crippen molar-refractivity contribution in [2.45, 2.75) is 47.0 Å². The molecule has 2 N–H and O–H groups in total. The quantitative estimate of drug-likeness (QED) is 0.785. The largest absolute Gasteiger partial charge is 0.342 e. The maximum absolute atomic E-state index is 12.0. The molecule has 0 fully saturated rings. The molecule has 0 aliphatic rings. The van der Waals surface area contributed by atoms with Gasteiger partial charge in [0.05, 0.1) is 11.4 Å². The Morgan fingerprint density at radius 3 is 1.52 bits per heavy atom. The smallest absolute Gasteiger partial charge is 0.336 e. The van der Waals surface area contributed by atoms with Gasteiger partial charge in [0.15, 0.2) is 0 Å². The molecule has 2 aromatic rings. The van der Waals surface area contributed by atoms with Gasteiger partial charge in [0.2, 0.25) is 0 Å². The van der Waals surface area contributed by atoms with Gasteiger partial charge in [-0.1, -0.05) is 0 Å². The minimum Gasteiger partial charge on any atom is -0.336 e. The lowest BCUT2D eigenvalue weighted by atomic mass is 10.2. The monoisotopic (exact) mass is 346 g/mol. The van der Waals surface area contributed by atoms with E-state index in [9.17, 15) is 9.59 Å². The molecule has 25 heavy (non-hydrogen) atoms. The minimum absolute atomic E-state index is 0.205. The van der Waals surface area contributed by atoms with E-state index in [4.69, 9.17) is 0 Å². The van der Waals surface area contributed by atoms with E-state index in [0.717, 1.165) is 42.0 Å². The van der Waals surface area contributed by atoms with Crippen LogP contribution in [0.25, 0.3) is 0 Å². The summed E-state index contributed by atoms with van der Waals surface area (Å²) in [5, 5.41) is 14.0. The molecule has 8 nitrogen and oxygen atoms in total. The first-order valence-electron chi connectivity index (χ1n) is 8.51. The number of hydrogen-bond acceptors (Lipinski definition) is 4. The number of unbranched alkanes of at least 4 members (excludes halogenated alkanes) is 2. The third-order valence-electron chi connectivity index (χ3n) is 3.81. The van der Waals surface area contributed by atoms with Crippen LogP contribution >= 0.6 is 0 Å². The number of carbonyl (C=O) groups is 2. The van der Waals surface area contributed by atoms with Gasteiger partial charge in [0.1, 0.15) is 0 Å². The molecule has 0 aromatic carbocycles. The molecule has 0 radical (unpaired) electrons. The summed E-state index contributed by atoms with van der Waals surface area (Å²) in [4.78, 5) is 23.9. The fourth-order valence-electron chi connectivity index (χ4n) is 2.64. The lowest BCUT2D eigenvalue weighted by Crippen LogP contribution is -2.32. The third-order valence-corrected chi connectivity index (χ3v) is 3.81. The standard InChI is InChI=1S/C17H26N6O2/c1-12-10-14(3)22(20-12)16(24)18-8-6-5-7-9-19-17(25)23-15(4)11-13(2)21-23/h10-11H,5-9H2,1-4H3,(H,18,24)(H,19,25). The Morgan fingerprint density at radius 1 is 0.800 bits per heavy atom. The van der Waals surface area contributed by atoms with Crippen molar-refractivity contribution in [1.82, 2.24) is 30.2 Å². The number of amides is 2. The van der Waals surface area contributed by atoms with Crippen LogP contribution in [-0.4, -0.2) is 44.7 Å². The van der Waals surface area contributed by atoms with Gasteiger partial charge in [-0.15, -0.1) is 0 Å². The van der Waals surface area contributed by atoms with Gasteiger partial charge < -0.3 is 10.6 Å². The molecular weight excluding hydrogens is 320 g/mol. The van der Waals surface area contributed by atoms with Crippen molar-refractivity contribution in [3.8, 4) is 0 Å². The Kier molecular flexibility index (Phi) is 6.32. The predicted molar refractivity (Wildman–Crippen MR) is 94.8 cm³/mol. The molecule has 0 aliphatic heterocycles. The van der Waals surface area contributed by atoms with Crippen molar-refractivity contribution in [1.29, 1.82) is 0 Å². The summed E-state index contributed by atoms with van der Waals surface area (Å²) in [6.45, 7) is 8.59. The molecule has 2 rings (SSSR count). The zero-order valence-electron chi connectivity index (χ0n) is 15.3. The summed E-state index contributed by atoms with van der Waals surface area (Å²) >= 11 is 0. The zero-order chi connectivity index (χ0) is 18.4. The number of rotatable bonds is 6. The maximum Gasteiger partial charge on any atom is 0.342 e. The van der Waals surface area contributed by atoms with Gasteiger partial charge in [-0.3, -0.25) is 0 Å². The van der Waals surface area contributed by atoms with Crippen LogP contribution in [0.1, 0.15) is 42.0 Å². The summed E-state index contributed by atoms with van der Waals surface area (Å²) in [5.74, 6) is 0. The van der Waals surface area contributed by atoms with Crippen molar-refractivity contribution >= 4 is 12.1 Å². The number of hydrogen-bond donors (Lipinski definition) is 2. The second-order valence-corrected chi connectivity index (χ2v) is 6.20. The summed E-state index contributed by atoms with van der Waals surface area (Å²) in [6.07, 6.45) is 2.61. The van der Waals surface area contributed by atoms with Crippen molar-refractivity contribution in [3.05, 3.63) is 34.9 Å². The first-order valence-corrected chi connectivity index (χ1v) is 8.51. The van der Waals surface area contributed by atoms with Gasteiger partial charge in [-0.2, -0.15) is 19.6 Å². The molecule has 0 atom stereocenters. The van der Waals surface area contributed by atoms with Crippen LogP contribution in [0.4, 0.5) is 9.59 Å². The van der Waals surface area contributed by atoms with Crippen LogP contribution in [-0.2, 0) is 0 Å². The highest BCUT2D eigenvalue weighted by atomic mass is 16.2. The van der Waals surface area contributed by atoms with Crippen molar-refractivity contribution in [2.24, 2.45) is 0 Å². The molecule has 0 spiro atoms. The summed E-state index contributed by atoms with van der Waals surface area (Å²) in [5.41, 5.74) is 3.29. The molecule has 2 aromatic heterocycles.